The van der Waals surface area contributed by atoms with Crippen LogP contribution in [-0.4, -0.2) is 45.7 Å². The summed E-state index contributed by atoms with van der Waals surface area (Å²) >= 11 is 0. The van der Waals surface area contributed by atoms with E-state index in [2.05, 4.69) is 0 Å². The topological polar surface area (TPSA) is 77.8 Å². The van der Waals surface area contributed by atoms with E-state index in [9.17, 15) is 14.7 Å². The van der Waals surface area contributed by atoms with Crippen molar-refractivity contribution in [2.45, 2.75) is 57.0 Å². The molecule has 19 heavy (non-hydrogen) atoms. The van der Waals surface area contributed by atoms with Gasteiger partial charge in [0.05, 0.1) is 0 Å². The van der Waals surface area contributed by atoms with E-state index in [0.717, 1.165) is 12.8 Å². The first-order chi connectivity index (χ1) is 9.01. The lowest BCUT2D eigenvalue weighted by Gasteiger charge is -2.40. The Morgan fingerprint density at radius 2 is 1.95 bits per heavy atom. The highest BCUT2D eigenvalue weighted by Crippen LogP contribution is 2.35. The molecule has 108 valence electrons. The van der Waals surface area contributed by atoms with Crippen molar-refractivity contribution in [3.05, 3.63) is 0 Å². The summed E-state index contributed by atoms with van der Waals surface area (Å²) < 4.78 is 0. The lowest BCUT2D eigenvalue weighted by molar-refractivity contribution is -0.163. The number of carbonyl (C=O) groups is 2. The van der Waals surface area contributed by atoms with Gasteiger partial charge in [0.1, 0.15) is 12.1 Å². The minimum Gasteiger partial charge on any atom is -0.480 e. The standard InChI is InChI=1S/C14H23NO4/c16-12(17)10-15-8-4-7-14(19,13(15)18)9-11-5-2-1-3-6-11/h11,19H,1-10H2,(H,16,17)/t14-/m1/s1. The van der Waals surface area contributed by atoms with Crippen LogP contribution < -0.4 is 0 Å². The van der Waals surface area contributed by atoms with Gasteiger partial charge < -0.3 is 15.1 Å². The van der Waals surface area contributed by atoms with E-state index in [1.54, 1.807) is 0 Å². The van der Waals surface area contributed by atoms with Crippen LogP contribution in [0.15, 0.2) is 0 Å². The van der Waals surface area contributed by atoms with Crippen molar-refractivity contribution in [2.24, 2.45) is 5.92 Å². The van der Waals surface area contributed by atoms with Crippen molar-refractivity contribution in [2.75, 3.05) is 13.1 Å². The Bertz CT molecular complexity index is 351. The van der Waals surface area contributed by atoms with Crippen molar-refractivity contribution < 1.29 is 19.8 Å². The highest BCUT2D eigenvalue weighted by atomic mass is 16.4. The van der Waals surface area contributed by atoms with Gasteiger partial charge in [-0.3, -0.25) is 9.59 Å². The van der Waals surface area contributed by atoms with Gasteiger partial charge in [0, 0.05) is 6.54 Å². The largest absolute Gasteiger partial charge is 0.480 e. The molecule has 0 spiro atoms. The summed E-state index contributed by atoms with van der Waals surface area (Å²) in [4.78, 5) is 24.3. The number of piperidine rings is 1. The van der Waals surface area contributed by atoms with Crippen LogP contribution >= 0.6 is 0 Å². The lowest BCUT2D eigenvalue weighted by Crippen LogP contribution is -2.55. The molecule has 5 heteroatoms. The number of aliphatic hydroxyl groups is 1. The van der Waals surface area contributed by atoms with Gasteiger partial charge in [-0.2, -0.15) is 0 Å². The molecular weight excluding hydrogens is 246 g/mol. The van der Waals surface area contributed by atoms with Gasteiger partial charge in [-0.15, -0.1) is 0 Å². The van der Waals surface area contributed by atoms with E-state index in [-0.39, 0.29) is 12.5 Å². The Morgan fingerprint density at radius 1 is 1.26 bits per heavy atom. The van der Waals surface area contributed by atoms with Crippen LogP contribution in [0.25, 0.3) is 0 Å². The number of hydrogen-bond acceptors (Lipinski definition) is 3. The number of aliphatic carboxylic acids is 1. The van der Waals surface area contributed by atoms with Gasteiger partial charge in [0.25, 0.3) is 5.91 Å². The van der Waals surface area contributed by atoms with Crippen LogP contribution in [0.3, 0.4) is 0 Å². The third-order valence-corrected chi connectivity index (χ3v) is 4.38. The Hall–Kier alpha value is -1.10. The van der Waals surface area contributed by atoms with Gasteiger partial charge >= 0.3 is 5.97 Å². The Kier molecular flexibility index (Phi) is 4.45. The predicted octanol–water partition coefficient (Wildman–Crippen LogP) is 1.39. The highest BCUT2D eigenvalue weighted by Gasteiger charge is 2.43. The van der Waals surface area contributed by atoms with Gasteiger partial charge in [-0.1, -0.05) is 32.1 Å². The van der Waals surface area contributed by atoms with Crippen molar-refractivity contribution in [3.63, 3.8) is 0 Å². The quantitative estimate of drug-likeness (QED) is 0.808. The van der Waals surface area contributed by atoms with Crippen LogP contribution in [-0.2, 0) is 9.59 Å². The number of rotatable bonds is 4. The summed E-state index contributed by atoms with van der Waals surface area (Å²) in [7, 11) is 0. The molecule has 0 aromatic heterocycles. The number of likely N-dealkylation sites (tertiary alicyclic amines) is 1. The molecular formula is C14H23NO4. The number of carboxylic acid groups (broad SMARTS) is 1. The molecule has 1 aliphatic heterocycles. The third kappa shape index (κ3) is 3.47. The second-order valence-corrected chi connectivity index (χ2v) is 5.96. The zero-order chi connectivity index (χ0) is 13.9. The van der Waals surface area contributed by atoms with E-state index in [0.29, 0.717) is 31.7 Å². The summed E-state index contributed by atoms with van der Waals surface area (Å²) in [6.07, 6.45) is 7.40. The maximum atomic E-state index is 12.3. The molecule has 1 aliphatic carbocycles. The van der Waals surface area contributed by atoms with Gasteiger partial charge in [0.2, 0.25) is 0 Å². The van der Waals surface area contributed by atoms with E-state index in [1.165, 1.54) is 24.2 Å². The van der Waals surface area contributed by atoms with E-state index in [1.807, 2.05) is 0 Å². The fraction of sp³-hybridized carbons (Fsp3) is 0.857. The van der Waals surface area contributed by atoms with Crippen molar-refractivity contribution >= 4 is 11.9 Å². The molecule has 0 radical (unpaired) electrons. The van der Waals surface area contributed by atoms with E-state index >= 15 is 0 Å². The number of hydrogen-bond donors (Lipinski definition) is 2. The molecule has 1 heterocycles. The van der Waals surface area contributed by atoms with Gasteiger partial charge in [-0.25, -0.2) is 0 Å². The maximum Gasteiger partial charge on any atom is 0.323 e. The Labute approximate surface area is 113 Å². The van der Waals surface area contributed by atoms with E-state index < -0.39 is 11.6 Å². The molecule has 2 aliphatic rings. The molecule has 1 saturated heterocycles. The average Bonchev–Trinajstić information content (AvgIpc) is 2.36. The van der Waals surface area contributed by atoms with Crippen LogP contribution in [0.5, 0.6) is 0 Å². The minimum absolute atomic E-state index is 0.300. The van der Waals surface area contributed by atoms with Gasteiger partial charge in [0.15, 0.2) is 0 Å². The van der Waals surface area contributed by atoms with Crippen molar-refractivity contribution in [1.29, 1.82) is 0 Å². The molecule has 2 N–H and O–H groups in total. The molecule has 2 rings (SSSR count). The molecule has 1 saturated carbocycles. The molecule has 5 nitrogen and oxygen atoms in total. The molecule has 0 aromatic rings. The lowest BCUT2D eigenvalue weighted by atomic mass is 9.77. The minimum atomic E-state index is -1.32. The smallest absolute Gasteiger partial charge is 0.323 e. The average molecular weight is 269 g/mol. The van der Waals surface area contributed by atoms with Crippen LogP contribution in [0.1, 0.15) is 51.4 Å². The monoisotopic (exact) mass is 269 g/mol. The summed E-state index contributed by atoms with van der Waals surface area (Å²) in [5.74, 6) is -0.991. The Balaban J connectivity index is 1.99. The summed E-state index contributed by atoms with van der Waals surface area (Å²) in [5.41, 5.74) is -1.32. The second-order valence-electron chi connectivity index (χ2n) is 5.96. The van der Waals surface area contributed by atoms with Crippen molar-refractivity contribution in [1.82, 2.24) is 4.90 Å². The van der Waals surface area contributed by atoms with Crippen molar-refractivity contribution in [3.8, 4) is 0 Å². The number of carbonyl (C=O) groups excluding carboxylic acids is 1. The zero-order valence-corrected chi connectivity index (χ0v) is 11.3. The normalized spacial score (nSPS) is 29.5. The van der Waals surface area contributed by atoms with Crippen LogP contribution in [0, 0.1) is 5.92 Å². The molecule has 2 fully saturated rings. The molecule has 1 amide bonds. The third-order valence-electron chi connectivity index (χ3n) is 4.38. The van der Waals surface area contributed by atoms with Gasteiger partial charge in [-0.05, 0) is 25.2 Å². The molecule has 1 atom stereocenters. The van der Waals surface area contributed by atoms with E-state index in [4.69, 9.17) is 5.11 Å². The zero-order valence-electron chi connectivity index (χ0n) is 11.3. The number of nitrogens with zero attached hydrogens (tertiary/aromatic N) is 1. The summed E-state index contributed by atoms with van der Waals surface area (Å²) in [5, 5.41) is 19.4. The first-order valence-electron chi connectivity index (χ1n) is 7.25. The van der Waals surface area contributed by atoms with Crippen LogP contribution in [0.4, 0.5) is 0 Å². The maximum absolute atomic E-state index is 12.3. The fourth-order valence-corrected chi connectivity index (χ4v) is 3.44. The highest BCUT2D eigenvalue weighted by molar-refractivity contribution is 5.88. The first kappa shape index (κ1) is 14.3. The predicted molar refractivity (Wildman–Crippen MR) is 69.6 cm³/mol. The number of amides is 1. The second kappa shape index (κ2) is 5.90. The summed E-state index contributed by atoms with van der Waals surface area (Å²) in [6.45, 7) is 0.143. The first-order valence-corrected chi connectivity index (χ1v) is 7.25. The molecule has 0 bridgehead atoms. The number of carboxylic acids is 1. The summed E-state index contributed by atoms with van der Waals surface area (Å²) in [6, 6.07) is 0. The van der Waals surface area contributed by atoms with Crippen LogP contribution in [0.2, 0.25) is 0 Å². The molecule has 0 unspecified atom stereocenters. The SMILES string of the molecule is O=C(O)CN1CCC[C@@](O)(CC2CCCCC2)C1=O. The fourth-order valence-electron chi connectivity index (χ4n) is 3.44. The Morgan fingerprint density at radius 3 is 2.58 bits per heavy atom. The molecule has 0 aromatic carbocycles.